The largest absolute Gasteiger partial charge is 1.00 e. The minimum atomic E-state index is -4.20. The summed E-state index contributed by atoms with van der Waals surface area (Å²) in [6.07, 6.45) is 0. The Balaban J connectivity index is 0.00000169. The van der Waals surface area contributed by atoms with Crippen molar-refractivity contribution >= 4 is 15.8 Å². The van der Waals surface area contributed by atoms with Crippen molar-refractivity contribution in [3.63, 3.8) is 0 Å². The fourth-order valence-corrected chi connectivity index (χ4v) is 1.27. The summed E-state index contributed by atoms with van der Waals surface area (Å²) in [6.45, 7) is 1.83. The van der Waals surface area contributed by atoms with Crippen LogP contribution in [0.25, 0.3) is 0 Å². The summed E-state index contributed by atoms with van der Waals surface area (Å²) in [5.74, 6) is -0.572. The SMILES string of the molecule is Cc1ccccc1NCS(=O)(=O)[O-].[Na+]. The molecule has 0 atom stereocenters. The summed E-state index contributed by atoms with van der Waals surface area (Å²) in [7, 11) is -4.20. The summed E-state index contributed by atoms with van der Waals surface area (Å²) in [5, 5.41) is 2.55. The third kappa shape index (κ3) is 4.97. The summed E-state index contributed by atoms with van der Waals surface area (Å²) in [6, 6.07) is 7.17. The average Bonchev–Trinajstić information content (AvgIpc) is 2.01. The second-order valence-electron chi connectivity index (χ2n) is 2.69. The van der Waals surface area contributed by atoms with Crippen molar-refractivity contribution in [2.75, 3.05) is 11.2 Å². The van der Waals surface area contributed by atoms with Crippen molar-refractivity contribution in [3.05, 3.63) is 29.8 Å². The van der Waals surface area contributed by atoms with E-state index in [1.54, 1.807) is 12.1 Å². The molecule has 6 heteroatoms. The van der Waals surface area contributed by atoms with Crippen LogP contribution in [0.5, 0.6) is 0 Å². The zero-order chi connectivity index (χ0) is 9.90. The molecule has 0 saturated heterocycles. The molecule has 14 heavy (non-hydrogen) atoms. The van der Waals surface area contributed by atoms with Crippen LogP contribution >= 0.6 is 0 Å². The smallest absolute Gasteiger partial charge is 0.747 e. The van der Waals surface area contributed by atoms with Crippen LogP contribution in [0.15, 0.2) is 24.3 Å². The van der Waals surface area contributed by atoms with E-state index in [0.29, 0.717) is 5.69 Å². The molecule has 1 N–H and O–H groups in total. The van der Waals surface area contributed by atoms with Crippen LogP contribution in [0.1, 0.15) is 5.56 Å². The fourth-order valence-electron chi connectivity index (χ4n) is 0.937. The number of hydrogen-bond acceptors (Lipinski definition) is 4. The zero-order valence-corrected chi connectivity index (χ0v) is 11.0. The minimum Gasteiger partial charge on any atom is -0.747 e. The molecule has 1 rings (SSSR count). The Hall–Kier alpha value is -0.0700. The van der Waals surface area contributed by atoms with Crippen molar-refractivity contribution < 1.29 is 42.5 Å². The molecule has 0 radical (unpaired) electrons. The Bertz CT molecular complexity index is 391. The Morgan fingerprint density at radius 1 is 1.36 bits per heavy atom. The first-order chi connectivity index (χ1) is 5.99. The Kier molecular flexibility index (Phi) is 5.70. The first-order valence-electron chi connectivity index (χ1n) is 3.72. The van der Waals surface area contributed by atoms with Crippen LogP contribution in [-0.4, -0.2) is 18.8 Å². The van der Waals surface area contributed by atoms with E-state index in [4.69, 9.17) is 0 Å². The Labute approximate surface area is 106 Å². The molecule has 0 aromatic heterocycles. The van der Waals surface area contributed by atoms with Crippen LogP contribution in [0, 0.1) is 6.92 Å². The maximum Gasteiger partial charge on any atom is 1.00 e. The van der Waals surface area contributed by atoms with E-state index in [2.05, 4.69) is 5.32 Å². The number of para-hydroxylation sites is 1. The summed E-state index contributed by atoms with van der Waals surface area (Å²) in [4.78, 5) is 0. The normalized spacial score (nSPS) is 10.4. The maximum absolute atomic E-state index is 10.3. The number of hydrogen-bond donors (Lipinski definition) is 1. The van der Waals surface area contributed by atoms with E-state index in [9.17, 15) is 13.0 Å². The van der Waals surface area contributed by atoms with E-state index in [1.165, 1.54) is 0 Å². The van der Waals surface area contributed by atoms with Crippen molar-refractivity contribution in [1.82, 2.24) is 0 Å². The molecule has 0 aliphatic rings. The molecule has 0 aliphatic heterocycles. The zero-order valence-electron chi connectivity index (χ0n) is 8.15. The van der Waals surface area contributed by atoms with Gasteiger partial charge in [-0.25, -0.2) is 8.42 Å². The number of anilines is 1. The predicted molar refractivity (Wildman–Crippen MR) is 49.4 cm³/mol. The monoisotopic (exact) mass is 223 g/mol. The molecule has 1 aromatic rings. The van der Waals surface area contributed by atoms with E-state index in [-0.39, 0.29) is 29.6 Å². The molecule has 0 aliphatic carbocycles. The van der Waals surface area contributed by atoms with Crippen molar-refractivity contribution in [2.24, 2.45) is 0 Å². The standard InChI is InChI=1S/C8H11NO3S.Na/c1-7-4-2-3-5-8(7)9-6-13(10,11)12;/h2-5,9H,6H2,1H3,(H,10,11,12);/q;+1/p-1. The molecular formula is C8H10NNaO3S. The number of benzene rings is 1. The third-order valence-electron chi connectivity index (χ3n) is 1.58. The van der Waals surface area contributed by atoms with Crippen molar-refractivity contribution in [1.29, 1.82) is 0 Å². The molecule has 0 heterocycles. The topological polar surface area (TPSA) is 69.2 Å². The van der Waals surface area contributed by atoms with Gasteiger partial charge < -0.3 is 9.87 Å². The summed E-state index contributed by atoms with van der Waals surface area (Å²) < 4.78 is 30.9. The summed E-state index contributed by atoms with van der Waals surface area (Å²) in [5.41, 5.74) is 1.58. The molecule has 4 nitrogen and oxygen atoms in total. The van der Waals surface area contributed by atoms with Crippen LogP contribution in [0.4, 0.5) is 5.69 Å². The molecular weight excluding hydrogens is 213 g/mol. The quantitative estimate of drug-likeness (QED) is 0.471. The van der Waals surface area contributed by atoms with Crippen LogP contribution in [-0.2, 0) is 10.1 Å². The van der Waals surface area contributed by atoms with Crippen LogP contribution < -0.4 is 34.9 Å². The van der Waals surface area contributed by atoms with Gasteiger partial charge in [0, 0.05) is 5.69 Å². The van der Waals surface area contributed by atoms with E-state index in [1.807, 2.05) is 19.1 Å². The van der Waals surface area contributed by atoms with E-state index in [0.717, 1.165) is 5.56 Å². The second kappa shape index (κ2) is 5.72. The molecule has 0 saturated carbocycles. The van der Waals surface area contributed by atoms with Gasteiger partial charge in [-0.1, -0.05) is 18.2 Å². The van der Waals surface area contributed by atoms with E-state index < -0.39 is 16.0 Å². The fraction of sp³-hybridized carbons (Fsp3) is 0.250. The van der Waals surface area contributed by atoms with Crippen molar-refractivity contribution in [3.8, 4) is 0 Å². The van der Waals surface area contributed by atoms with Gasteiger partial charge in [0.05, 0.1) is 0 Å². The van der Waals surface area contributed by atoms with Crippen LogP contribution in [0.3, 0.4) is 0 Å². The summed E-state index contributed by atoms with van der Waals surface area (Å²) >= 11 is 0. The predicted octanol–water partition coefficient (Wildman–Crippen LogP) is -2.09. The van der Waals surface area contributed by atoms with Gasteiger partial charge in [0.25, 0.3) is 0 Å². The van der Waals surface area contributed by atoms with E-state index >= 15 is 0 Å². The van der Waals surface area contributed by atoms with Crippen LogP contribution in [0.2, 0.25) is 0 Å². The van der Waals surface area contributed by atoms with Crippen molar-refractivity contribution in [2.45, 2.75) is 6.92 Å². The van der Waals surface area contributed by atoms with Gasteiger partial charge in [0.1, 0.15) is 16.0 Å². The Morgan fingerprint density at radius 3 is 2.43 bits per heavy atom. The molecule has 72 valence electrons. The van der Waals surface area contributed by atoms with Gasteiger partial charge in [-0.05, 0) is 18.6 Å². The van der Waals surface area contributed by atoms with Gasteiger partial charge in [0.15, 0.2) is 0 Å². The molecule has 0 unspecified atom stereocenters. The van der Waals surface area contributed by atoms with Gasteiger partial charge in [0.2, 0.25) is 0 Å². The molecule has 0 bridgehead atoms. The second-order valence-corrected chi connectivity index (χ2v) is 4.10. The first kappa shape index (κ1) is 13.9. The molecule has 0 spiro atoms. The number of aryl methyl sites for hydroxylation is 1. The van der Waals surface area contributed by atoms with Gasteiger partial charge >= 0.3 is 29.6 Å². The molecule has 0 fully saturated rings. The third-order valence-corrected chi connectivity index (χ3v) is 2.08. The molecule has 1 aromatic carbocycles. The number of nitrogens with one attached hydrogen (secondary N) is 1. The average molecular weight is 223 g/mol. The minimum absolute atomic E-state index is 0. The molecule has 0 amide bonds. The van der Waals surface area contributed by atoms with Gasteiger partial charge in [-0.15, -0.1) is 0 Å². The Morgan fingerprint density at radius 2 is 1.93 bits per heavy atom. The first-order valence-corrected chi connectivity index (χ1v) is 5.30. The van der Waals surface area contributed by atoms with Gasteiger partial charge in [-0.3, -0.25) is 0 Å². The maximum atomic E-state index is 10.3. The van der Waals surface area contributed by atoms with Gasteiger partial charge in [-0.2, -0.15) is 0 Å². The number of rotatable bonds is 3.